The van der Waals surface area contributed by atoms with Crippen molar-refractivity contribution in [3.63, 3.8) is 0 Å². The standard InChI is InChI=1S/C15H21N3O3/c1-10-6-8-11(9-7-10)4-2-3-5-12(19)18-13(14(16)20)15(17)21/h6-9,13H,2-5H2,1H3,(H2,16,20)(H2,17,21)(H,18,19). The van der Waals surface area contributed by atoms with Crippen molar-refractivity contribution in [3.8, 4) is 0 Å². The molecule has 0 saturated heterocycles. The van der Waals surface area contributed by atoms with E-state index in [0.29, 0.717) is 6.42 Å². The number of carbonyl (C=O) groups excluding carboxylic acids is 3. The van der Waals surface area contributed by atoms with Crippen molar-refractivity contribution < 1.29 is 14.4 Å². The van der Waals surface area contributed by atoms with Crippen molar-refractivity contribution in [1.29, 1.82) is 0 Å². The molecule has 1 aromatic rings. The molecule has 0 spiro atoms. The van der Waals surface area contributed by atoms with Gasteiger partial charge in [-0.05, 0) is 31.7 Å². The molecule has 0 fully saturated rings. The highest BCUT2D eigenvalue weighted by Gasteiger charge is 2.23. The summed E-state index contributed by atoms with van der Waals surface area (Å²) in [6.45, 7) is 2.03. The predicted molar refractivity (Wildman–Crippen MR) is 79.1 cm³/mol. The summed E-state index contributed by atoms with van der Waals surface area (Å²) in [4.78, 5) is 33.4. The SMILES string of the molecule is Cc1ccc(CCCCC(=O)NC(C(N)=O)C(N)=O)cc1. The van der Waals surface area contributed by atoms with Crippen molar-refractivity contribution in [3.05, 3.63) is 35.4 Å². The molecule has 0 atom stereocenters. The third-order valence-electron chi connectivity index (χ3n) is 3.11. The molecule has 0 radical (unpaired) electrons. The number of rotatable bonds is 8. The zero-order valence-electron chi connectivity index (χ0n) is 12.1. The number of unbranched alkanes of at least 4 members (excludes halogenated alkanes) is 1. The van der Waals surface area contributed by atoms with E-state index in [0.717, 1.165) is 12.8 Å². The Morgan fingerprint density at radius 2 is 1.62 bits per heavy atom. The smallest absolute Gasteiger partial charge is 0.249 e. The Balaban J connectivity index is 2.28. The number of carbonyl (C=O) groups is 3. The van der Waals surface area contributed by atoms with Crippen LogP contribution in [0, 0.1) is 6.92 Å². The van der Waals surface area contributed by atoms with Crippen LogP contribution in [0.25, 0.3) is 0 Å². The van der Waals surface area contributed by atoms with Crippen molar-refractivity contribution in [2.75, 3.05) is 0 Å². The number of aryl methyl sites for hydroxylation is 2. The molecule has 0 aliphatic carbocycles. The fourth-order valence-corrected chi connectivity index (χ4v) is 1.89. The second-order valence-electron chi connectivity index (χ2n) is 5.00. The molecule has 0 unspecified atom stereocenters. The Morgan fingerprint density at radius 3 is 2.14 bits per heavy atom. The normalized spacial score (nSPS) is 10.4. The molecule has 1 rings (SSSR count). The molecule has 0 saturated carbocycles. The number of benzene rings is 1. The zero-order valence-corrected chi connectivity index (χ0v) is 12.1. The minimum absolute atomic E-state index is 0.225. The lowest BCUT2D eigenvalue weighted by Gasteiger charge is -2.11. The van der Waals surface area contributed by atoms with Gasteiger partial charge in [-0.1, -0.05) is 29.8 Å². The lowest BCUT2D eigenvalue weighted by molar-refractivity contribution is -0.134. The molecule has 6 heteroatoms. The first-order valence-electron chi connectivity index (χ1n) is 6.83. The molecule has 0 aromatic heterocycles. The first-order valence-corrected chi connectivity index (χ1v) is 6.83. The predicted octanol–water partition coefficient (Wildman–Crippen LogP) is 0.163. The van der Waals surface area contributed by atoms with Gasteiger partial charge in [0.25, 0.3) is 0 Å². The summed E-state index contributed by atoms with van der Waals surface area (Å²) in [7, 11) is 0. The minimum atomic E-state index is -1.44. The second kappa shape index (κ2) is 8.04. The van der Waals surface area contributed by atoms with Crippen molar-refractivity contribution >= 4 is 17.7 Å². The van der Waals surface area contributed by atoms with E-state index in [-0.39, 0.29) is 6.42 Å². The molecule has 5 N–H and O–H groups in total. The summed E-state index contributed by atoms with van der Waals surface area (Å²) < 4.78 is 0. The number of amides is 3. The summed E-state index contributed by atoms with van der Waals surface area (Å²) in [5.74, 6) is -2.30. The Hall–Kier alpha value is -2.37. The largest absolute Gasteiger partial charge is 0.367 e. The van der Waals surface area contributed by atoms with Gasteiger partial charge in [-0.25, -0.2) is 0 Å². The van der Waals surface area contributed by atoms with Crippen molar-refractivity contribution in [2.24, 2.45) is 11.5 Å². The Labute approximate surface area is 123 Å². The van der Waals surface area contributed by atoms with Gasteiger partial charge < -0.3 is 16.8 Å². The molecule has 114 valence electrons. The van der Waals surface area contributed by atoms with Gasteiger partial charge in [-0.15, -0.1) is 0 Å². The highest BCUT2D eigenvalue weighted by atomic mass is 16.2. The minimum Gasteiger partial charge on any atom is -0.367 e. The maximum absolute atomic E-state index is 11.6. The zero-order chi connectivity index (χ0) is 15.8. The van der Waals surface area contributed by atoms with Crippen LogP contribution < -0.4 is 16.8 Å². The number of hydrogen-bond donors (Lipinski definition) is 3. The highest BCUT2D eigenvalue weighted by molar-refractivity contribution is 6.05. The second-order valence-corrected chi connectivity index (χ2v) is 5.00. The monoisotopic (exact) mass is 291 g/mol. The fraction of sp³-hybridized carbons (Fsp3) is 0.400. The lowest BCUT2D eigenvalue weighted by atomic mass is 10.1. The van der Waals surface area contributed by atoms with Crippen LogP contribution >= 0.6 is 0 Å². The average Bonchev–Trinajstić information content (AvgIpc) is 2.42. The Morgan fingerprint density at radius 1 is 1.05 bits per heavy atom. The van der Waals surface area contributed by atoms with Crippen LogP contribution in [0.3, 0.4) is 0 Å². The van der Waals surface area contributed by atoms with Crippen LogP contribution in [0.1, 0.15) is 30.4 Å². The van der Waals surface area contributed by atoms with Gasteiger partial charge in [0, 0.05) is 6.42 Å². The van der Waals surface area contributed by atoms with Gasteiger partial charge in [-0.2, -0.15) is 0 Å². The molecule has 21 heavy (non-hydrogen) atoms. The molecule has 0 bridgehead atoms. The quantitative estimate of drug-likeness (QED) is 0.468. The van der Waals surface area contributed by atoms with Gasteiger partial charge >= 0.3 is 0 Å². The van der Waals surface area contributed by atoms with Gasteiger partial charge in [0.15, 0.2) is 6.04 Å². The van der Waals surface area contributed by atoms with Crippen LogP contribution in [0.5, 0.6) is 0 Å². The summed E-state index contributed by atoms with van der Waals surface area (Å²) in [5, 5.41) is 2.23. The van der Waals surface area contributed by atoms with Gasteiger partial charge in [0.2, 0.25) is 17.7 Å². The summed E-state index contributed by atoms with van der Waals surface area (Å²) in [6, 6.07) is 6.78. The number of hydrogen-bond acceptors (Lipinski definition) is 3. The number of nitrogens with one attached hydrogen (secondary N) is 1. The topological polar surface area (TPSA) is 115 Å². The van der Waals surface area contributed by atoms with E-state index in [9.17, 15) is 14.4 Å². The van der Waals surface area contributed by atoms with E-state index >= 15 is 0 Å². The molecule has 1 aromatic carbocycles. The van der Waals surface area contributed by atoms with E-state index in [1.807, 2.05) is 19.1 Å². The first-order chi connectivity index (χ1) is 9.90. The summed E-state index contributed by atoms with van der Waals surface area (Å²) >= 11 is 0. The van der Waals surface area contributed by atoms with E-state index in [2.05, 4.69) is 17.4 Å². The van der Waals surface area contributed by atoms with Crippen LogP contribution in [0.2, 0.25) is 0 Å². The fourth-order valence-electron chi connectivity index (χ4n) is 1.89. The van der Waals surface area contributed by atoms with Crippen LogP contribution in [0.15, 0.2) is 24.3 Å². The van der Waals surface area contributed by atoms with Crippen LogP contribution in [-0.2, 0) is 20.8 Å². The Kier molecular flexibility index (Phi) is 6.39. The van der Waals surface area contributed by atoms with Gasteiger partial charge in [0.05, 0.1) is 0 Å². The maximum Gasteiger partial charge on any atom is 0.249 e. The average molecular weight is 291 g/mol. The van der Waals surface area contributed by atoms with E-state index in [1.165, 1.54) is 11.1 Å². The molecule has 0 heterocycles. The third-order valence-corrected chi connectivity index (χ3v) is 3.11. The van der Waals surface area contributed by atoms with Crippen LogP contribution in [0.4, 0.5) is 0 Å². The van der Waals surface area contributed by atoms with E-state index in [1.54, 1.807) is 0 Å². The molecule has 6 nitrogen and oxygen atoms in total. The molecule has 0 aliphatic heterocycles. The molecular formula is C15H21N3O3. The third kappa shape index (κ3) is 6.07. The van der Waals surface area contributed by atoms with Gasteiger partial charge in [-0.3, -0.25) is 14.4 Å². The van der Waals surface area contributed by atoms with E-state index in [4.69, 9.17) is 11.5 Å². The van der Waals surface area contributed by atoms with Crippen LogP contribution in [-0.4, -0.2) is 23.8 Å². The first kappa shape index (κ1) is 16.7. The summed E-state index contributed by atoms with van der Waals surface area (Å²) in [5.41, 5.74) is 12.4. The maximum atomic E-state index is 11.6. The highest BCUT2D eigenvalue weighted by Crippen LogP contribution is 2.08. The van der Waals surface area contributed by atoms with Gasteiger partial charge in [0.1, 0.15) is 0 Å². The molecular weight excluding hydrogens is 270 g/mol. The van der Waals surface area contributed by atoms with Crippen molar-refractivity contribution in [1.82, 2.24) is 5.32 Å². The van der Waals surface area contributed by atoms with Crippen molar-refractivity contribution in [2.45, 2.75) is 38.6 Å². The molecule has 3 amide bonds. The summed E-state index contributed by atoms with van der Waals surface area (Å²) in [6.07, 6.45) is 2.60. The lowest BCUT2D eigenvalue weighted by Crippen LogP contribution is -2.52. The Bertz CT molecular complexity index is 497. The van der Waals surface area contributed by atoms with E-state index < -0.39 is 23.8 Å². The number of nitrogens with two attached hydrogens (primary N) is 2. The number of primary amides is 2. The molecule has 0 aliphatic rings.